The van der Waals surface area contributed by atoms with Crippen molar-refractivity contribution in [3.05, 3.63) is 0 Å². The maximum atomic E-state index is 11.5. The van der Waals surface area contributed by atoms with Gasteiger partial charge in [-0.3, -0.25) is 4.79 Å². The molecule has 1 aliphatic carbocycles. The molecule has 1 atom stereocenters. The van der Waals surface area contributed by atoms with Crippen LogP contribution < -0.4 is 0 Å². The zero-order valence-corrected chi connectivity index (χ0v) is 7.42. The predicted molar refractivity (Wildman–Crippen MR) is 43.2 cm³/mol. The van der Waals surface area contributed by atoms with E-state index in [0.29, 0.717) is 0 Å². The fourth-order valence-electron chi connectivity index (χ4n) is 1.58. The molecule has 2 heteroatoms. The SMILES string of the molecule is CC(C)C(=O)C1(C(C)O)CC1. The summed E-state index contributed by atoms with van der Waals surface area (Å²) >= 11 is 0. The number of Topliss-reactive ketones (excluding diaryl/α,β-unsaturated/α-hetero) is 1. The van der Waals surface area contributed by atoms with Gasteiger partial charge in [-0.15, -0.1) is 0 Å². The van der Waals surface area contributed by atoms with E-state index in [0.717, 1.165) is 12.8 Å². The Kier molecular flexibility index (Phi) is 2.06. The fraction of sp³-hybridized carbons (Fsp3) is 0.889. The van der Waals surface area contributed by atoms with Crippen LogP contribution in [-0.2, 0) is 4.79 Å². The molecule has 1 saturated carbocycles. The molecule has 11 heavy (non-hydrogen) atoms. The Morgan fingerprint density at radius 1 is 1.36 bits per heavy atom. The number of carbonyl (C=O) groups is 1. The van der Waals surface area contributed by atoms with Crippen molar-refractivity contribution in [2.45, 2.75) is 39.7 Å². The molecule has 1 rings (SSSR count). The van der Waals surface area contributed by atoms with Gasteiger partial charge >= 0.3 is 0 Å². The zero-order valence-electron chi connectivity index (χ0n) is 7.42. The average molecular weight is 156 g/mol. The van der Waals surface area contributed by atoms with E-state index >= 15 is 0 Å². The molecule has 0 heterocycles. The van der Waals surface area contributed by atoms with Crippen molar-refractivity contribution in [1.82, 2.24) is 0 Å². The number of carbonyl (C=O) groups excluding carboxylic acids is 1. The monoisotopic (exact) mass is 156 g/mol. The highest BCUT2D eigenvalue weighted by molar-refractivity contribution is 5.89. The molecular weight excluding hydrogens is 140 g/mol. The molecule has 0 aliphatic heterocycles. The lowest BCUT2D eigenvalue weighted by Crippen LogP contribution is -2.30. The van der Waals surface area contributed by atoms with E-state index < -0.39 is 6.10 Å². The minimum Gasteiger partial charge on any atom is -0.392 e. The van der Waals surface area contributed by atoms with Gasteiger partial charge in [0.1, 0.15) is 5.78 Å². The van der Waals surface area contributed by atoms with Gasteiger partial charge in [0.2, 0.25) is 0 Å². The largest absolute Gasteiger partial charge is 0.392 e. The molecular formula is C9H16O2. The zero-order chi connectivity index (χ0) is 8.65. The second kappa shape index (κ2) is 2.59. The second-order valence-electron chi connectivity index (χ2n) is 3.85. The van der Waals surface area contributed by atoms with Crippen LogP contribution in [0.5, 0.6) is 0 Å². The van der Waals surface area contributed by atoms with Gasteiger partial charge in [-0.2, -0.15) is 0 Å². The highest BCUT2D eigenvalue weighted by Gasteiger charge is 2.53. The number of aliphatic hydroxyl groups excluding tert-OH is 1. The standard InChI is InChI=1S/C9H16O2/c1-6(2)8(11)9(4-5-9)7(3)10/h6-7,10H,4-5H2,1-3H3. The lowest BCUT2D eigenvalue weighted by molar-refractivity contribution is -0.130. The number of hydrogen-bond acceptors (Lipinski definition) is 2. The molecule has 1 aliphatic rings. The van der Waals surface area contributed by atoms with Gasteiger partial charge in [-0.1, -0.05) is 13.8 Å². The van der Waals surface area contributed by atoms with E-state index in [1.54, 1.807) is 6.92 Å². The molecule has 0 spiro atoms. The van der Waals surface area contributed by atoms with E-state index in [4.69, 9.17) is 0 Å². The normalized spacial score (nSPS) is 23.4. The van der Waals surface area contributed by atoms with Crippen LogP contribution in [0, 0.1) is 11.3 Å². The van der Waals surface area contributed by atoms with Crippen molar-refractivity contribution in [1.29, 1.82) is 0 Å². The van der Waals surface area contributed by atoms with Crippen molar-refractivity contribution >= 4 is 5.78 Å². The Morgan fingerprint density at radius 2 is 1.82 bits per heavy atom. The summed E-state index contributed by atoms with van der Waals surface area (Å²) in [7, 11) is 0. The first kappa shape index (κ1) is 8.72. The van der Waals surface area contributed by atoms with Crippen LogP contribution in [-0.4, -0.2) is 17.0 Å². The van der Waals surface area contributed by atoms with Crippen molar-refractivity contribution in [2.75, 3.05) is 0 Å². The Hall–Kier alpha value is -0.370. The quantitative estimate of drug-likeness (QED) is 0.670. The van der Waals surface area contributed by atoms with E-state index in [-0.39, 0.29) is 17.1 Å². The average Bonchev–Trinajstić information content (AvgIpc) is 2.65. The molecule has 1 N–H and O–H groups in total. The molecule has 1 fully saturated rings. The summed E-state index contributed by atoms with van der Waals surface area (Å²) in [6.07, 6.45) is 1.29. The van der Waals surface area contributed by atoms with Crippen molar-refractivity contribution < 1.29 is 9.90 Å². The van der Waals surface area contributed by atoms with Crippen LogP contribution in [0.4, 0.5) is 0 Å². The Bertz CT molecular complexity index is 166. The molecule has 0 bridgehead atoms. The molecule has 0 saturated heterocycles. The fourth-order valence-corrected chi connectivity index (χ4v) is 1.58. The Labute approximate surface area is 67.6 Å². The third-order valence-corrected chi connectivity index (χ3v) is 2.60. The first-order valence-corrected chi connectivity index (χ1v) is 4.23. The summed E-state index contributed by atoms with van der Waals surface area (Å²) in [4.78, 5) is 11.5. The molecule has 0 aromatic carbocycles. The minimum atomic E-state index is -0.461. The highest BCUT2D eigenvalue weighted by atomic mass is 16.3. The summed E-state index contributed by atoms with van der Waals surface area (Å²) in [6, 6.07) is 0. The van der Waals surface area contributed by atoms with Crippen LogP contribution in [0.1, 0.15) is 33.6 Å². The van der Waals surface area contributed by atoms with E-state index in [2.05, 4.69) is 0 Å². The molecule has 64 valence electrons. The van der Waals surface area contributed by atoms with Gasteiger partial charge in [0.15, 0.2) is 0 Å². The first-order chi connectivity index (χ1) is 5.00. The summed E-state index contributed by atoms with van der Waals surface area (Å²) in [5.41, 5.74) is -0.353. The smallest absolute Gasteiger partial charge is 0.144 e. The number of rotatable bonds is 3. The molecule has 0 amide bonds. The second-order valence-corrected chi connectivity index (χ2v) is 3.85. The maximum Gasteiger partial charge on any atom is 0.144 e. The van der Waals surface area contributed by atoms with E-state index in [1.165, 1.54) is 0 Å². The van der Waals surface area contributed by atoms with Crippen LogP contribution >= 0.6 is 0 Å². The maximum absolute atomic E-state index is 11.5. The Balaban J connectivity index is 2.66. The van der Waals surface area contributed by atoms with Crippen molar-refractivity contribution in [2.24, 2.45) is 11.3 Å². The highest BCUT2D eigenvalue weighted by Crippen LogP contribution is 2.50. The predicted octanol–water partition coefficient (Wildman–Crippen LogP) is 1.37. The van der Waals surface area contributed by atoms with Gasteiger partial charge in [-0.05, 0) is 19.8 Å². The Morgan fingerprint density at radius 3 is 1.91 bits per heavy atom. The summed E-state index contributed by atoms with van der Waals surface area (Å²) < 4.78 is 0. The summed E-state index contributed by atoms with van der Waals surface area (Å²) in [5.74, 6) is 0.291. The molecule has 1 unspecified atom stereocenters. The topological polar surface area (TPSA) is 37.3 Å². The number of hydrogen-bond donors (Lipinski definition) is 1. The van der Waals surface area contributed by atoms with Crippen LogP contribution in [0.3, 0.4) is 0 Å². The van der Waals surface area contributed by atoms with Crippen LogP contribution in [0.2, 0.25) is 0 Å². The van der Waals surface area contributed by atoms with E-state index in [9.17, 15) is 9.90 Å². The van der Waals surface area contributed by atoms with Gasteiger partial charge in [0.05, 0.1) is 11.5 Å². The van der Waals surface area contributed by atoms with Gasteiger partial charge in [-0.25, -0.2) is 0 Å². The summed E-state index contributed by atoms with van der Waals surface area (Å²) in [5, 5.41) is 9.34. The third-order valence-electron chi connectivity index (χ3n) is 2.60. The van der Waals surface area contributed by atoms with Crippen molar-refractivity contribution in [3.63, 3.8) is 0 Å². The number of ketones is 1. The molecule has 0 radical (unpaired) electrons. The van der Waals surface area contributed by atoms with Gasteiger partial charge in [0, 0.05) is 5.92 Å². The van der Waals surface area contributed by atoms with Gasteiger partial charge in [0.25, 0.3) is 0 Å². The number of aliphatic hydroxyl groups is 1. The minimum absolute atomic E-state index is 0.0621. The van der Waals surface area contributed by atoms with E-state index in [1.807, 2.05) is 13.8 Å². The lowest BCUT2D eigenvalue weighted by atomic mass is 9.88. The van der Waals surface area contributed by atoms with Crippen LogP contribution in [0.25, 0.3) is 0 Å². The first-order valence-electron chi connectivity index (χ1n) is 4.23. The third kappa shape index (κ3) is 1.32. The van der Waals surface area contributed by atoms with Crippen molar-refractivity contribution in [3.8, 4) is 0 Å². The molecule has 2 nitrogen and oxygen atoms in total. The summed E-state index contributed by atoms with van der Waals surface area (Å²) in [6.45, 7) is 5.50. The molecule has 0 aromatic heterocycles. The van der Waals surface area contributed by atoms with Crippen LogP contribution in [0.15, 0.2) is 0 Å². The van der Waals surface area contributed by atoms with Gasteiger partial charge < -0.3 is 5.11 Å². The molecule has 0 aromatic rings. The lowest BCUT2D eigenvalue weighted by Gasteiger charge is -2.18.